The molecule has 7 heteroatoms. The predicted molar refractivity (Wildman–Crippen MR) is 75.9 cm³/mol. The van der Waals surface area contributed by atoms with Gasteiger partial charge in [0.1, 0.15) is 17.8 Å². The number of fused-ring (bicyclic) bond motifs is 1. The van der Waals surface area contributed by atoms with Gasteiger partial charge in [-0.25, -0.2) is 4.98 Å². The average molecular weight is 283 g/mol. The number of aldehydes is 1. The zero-order valence-electron chi connectivity index (χ0n) is 11.3. The Morgan fingerprint density at radius 2 is 2.29 bits per heavy atom. The van der Waals surface area contributed by atoms with Crippen LogP contribution in [-0.4, -0.2) is 31.9 Å². The second-order valence-corrected chi connectivity index (χ2v) is 4.60. The molecule has 0 fully saturated rings. The van der Waals surface area contributed by atoms with E-state index in [-0.39, 0.29) is 12.5 Å². The van der Waals surface area contributed by atoms with Crippen LogP contribution in [0.4, 0.5) is 0 Å². The third-order valence-electron chi connectivity index (χ3n) is 3.16. The molecule has 3 aromatic rings. The molecule has 2 aromatic heterocycles. The molecular formula is C14H13N5O2. The molecule has 0 bridgehead atoms. The molecule has 2 heterocycles. The van der Waals surface area contributed by atoms with Crippen LogP contribution in [0.3, 0.4) is 0 Å². The van der Waals surface area contributed by atoms with Crippen molar-refractivity contribution in [1.29, 1.82) is 0 Å². The maximum absolute atomic E-state index is 12.0. The van der Waals surface area contributed by atoms with Gasteiger partial charge in [0.15, 0.2) is 0 Å². The van der Waals surface area contributed by atoms with Gasteiger partial charge in [0.05, 0.1) is 17.6 Å². The zero-order chi connectivity index (χ0) is 14.8. The van der Waals surface area contributed by atoms with Gasteiger partial charge in [-0.15, -0.1) is 0 Å². The van der Waals surface area contributed by atoms with Crippen molar-refractivity contribution in [3.8, 4) is 0 Å². The number of hydrogen-bond acceptors (Lipinski definition) is 4. The van der Waals surface area contributed by atoms with E-state index in [1.165, 1.54) is 4.68 Å². The number of aryl methyl sites for hydroxylation is 1. The quantitative estimate of drug-likeness (QED) is 0.700. The Bertz CT molecular complexity index is 818. The maximum atomic E-state index is 12.0. The molecule has 0 saturated heterocycles. The lowest BCUT2D eigenvalue weighted by Gasteiger charge is -2.02. The summed E-state index contributed by atoms with van der Waals surface area (Å²) in [6.45, 7) is 0.273. The van der Waals surface area contributed by atoms with E-state index in [9.17, 15) is 9.59 Å². The van der Waals surface area contributed by atoms with Crippen molar-refractivity contribution in [2.75, 3.05) is 0 Å². The highest BCUT2D eigenvalue weighted by molar-refractivity contribution is 5.92. The Morgan fingerprint density at radius 3 is 3.00 bits per heavy atom. The zero-order valence-corrected chi connectivity index (χ0v) is 11.3. The summed E-state index contributed by atoms with van der Waals surface area (Å²) in [4.78, 5) is 30.1. The van der Waals surface area contributed by atoms with Crippen LogP contribution >= 0.6 is 0 Å². The van der Waals surface area contributed by atoms with Crippen molar-refractivity contribution in [1.82, 2.24) is 25.1 Å². The van der Waals surface area contributed by atoms with Crippen LogP contribution in [0.1, 0.15) is 26.7 Å². The van der Waals surface area contributed by atoms with Gasteiger partial charge in [-0.1, -0.05) is 0 Å². The summed E-state index contributed by atoms with van der Waals surface area (Å²) in [6, 6.07) is 6.84. The molecule has 0 atom stereocenters. The minimum atomic E-state index is -0.218. The van der Waals surface area contributed by atoms with E-state index in [1.54, 1.807) is 37.5 Å². The van der Waals surface area contributed by atoms with Crippen molar-refractivity contribution in [2.45, 2.75) is 6.54 Å². The van der Waals surface area contributed by atoms with Crippen LogP contribution in [0.2, 0.25) is 0 Å². The van der Waals surface area contributed by atoms with Crippen molar-refractivity contribution in [3.63, 3.8) is 0 Å². The minimum Gasteiger partial charge on any atom is -0.343 e. The van der Waals surface area contributed by atoms with Gasteiger partial charge in [-0.05, 0) is 24.3 Å². The molecule has 21 heavy (non-hydrogen) atoms. The summed E-state index contributed by atoms with van der Waals surface area (Å²) in [5.74, 6) is 0.410. The van der Waals surface area contributed by atoms with Crippen LogP contribution in [0.15, 0.2) is 30.5 Å². The molecule has 0 aliphatic carbocycles. The van der Waals surface area contributed by atoms with Gasteiger partial charge in [0.25, 0.3) is 5.91 Å². The van der Waals surface area contributed by atoms with Crippen LogP contribution in [0.25, 0.3) is 11.0 Å². The highest BCUT2D eigenvalue weighted by Crippen LogP contribution is 2.12. The van der Waals surface area contributed by atoms with Gasteiger partial charge in [0, 0.05) is 18.8 Å². The SMILES string of the molecule is Cn1nccc1C(=O)NCc1nc2ccc(C=O)cc2[nH]1. The molecule has 106 valence electrons. The number of aromatic nitrogens is 4. The van der Waals surface area contributed by atoms with E-state index in [4.69, 9.17) is 0 Å². The Hall–Kier alpha value is -2.96. The first-order chi connectivity index (χ1) is 10.2. The summed E-state index contributed by atoms with van der Waals surface area (Å²) in [5, 5.41) is 6.71. The summed E-state index contributed by atoms with van der Waals surface area (Å²) < 4.78 is 1.50. The first-order valence-electron chi connectivity index (χ1n) is 6.37. The largest absolute Gasteiger partial charge is 0.343 e. The topological polar surface area (TPSA) is 92.7 Å². The van der Waals surface area contributed by atoms with Crippen molar-refractivity contribution < 1.29 is 9.59 Å². The number of nitrogens with one attached hydrogen (secondary N) is 2. The van der Waals surface area contributed by atoms with E-state index in [0.29, 0.717) is 17.1 Å². The van der Waals surface area contributed by atoms with E-state index in [1.807, 2.05) is 0 Å². The highest BCUT2D eigenvalue weighted by atomic mass is 16.2. The maximum Gasteiger partial charge on any atom is 0.269 e. The van der Waals surface area contributed by atoms with Gasteiger partial charge in [-0.2, -0.15) is 5.10 Å². The normalized spacial score (nSPS) is 10.7. The van der Waals surface area contributed by atoms with Gasteiger partial charge in [-0.3, -0.25) is 14.3 Å². The molecule has 7 nitrogen and oxygen atoms in total. The fourth-order valence-corrected chi connectivity index (χ4v) is 2.09. The lowest BCUT2D eigenvalue weighted by Crippen LogP contribution is -2.25. The van der Waals surface area contributed by atoms with Crippen molar-refractivity contribution in [2.24, 2.45) is 7.05 Å². The third kappa shape index (κ3) is 2.53. The number of benzene rings is 1. The first-order valence-corrected chi connectivity index (χ1v) is 6.37. The number of rotatable bonds is 4. The van der Waals surface area contributed by atoms with Crippen molar-refractivity contribution in [3.05, 3.63) is 47.5 Å². The lowest BCUT2D eigenvalue weighted by molar-refractivity contribution is 0.0940. The smallest absolute Gasteiger partial charge is 0.269 e. The molecule has 0 radical (unpaired) electrons. The third-order valence-corrected chi connectivity index (χ3v) is 3.16. The van der Waals surface area contributed by atoms with Crippen LogP contribution in [-0.2, 0) is 13.6 Å². The molecule has 3 rings (SSSR count). The number of H-pyrrole nitrogens is 1. The lowest BCUT2D eigenvalue weighted by atomic mass is 10.2. The predicted octanol–water partition coefficient (Wildman–Crippen LogP) is 1.04. The molecule has 0 saturated carbocycles. The molecule has 0 unspecified atom stereocenters. The monoisotopic (exact) mass is 283 g/mol. The number of imidazole rings is 1. The van der Waals surface area contributed by atoms with Crippen LogP contribution in [0.5, 0.6) is 0 Å². The number of nitrogens with zero attached hydrogens (tertiary/aromatic N) is 3. The van der Waals surface area contributed by atoms with E-state index in [0.717, 1.165) is 17.3 Å². The van der Waals surface area contributed by atoms with Gasteiger partial charge >= 0.3 is 0 Å². The van der Waals surface area contributed by atoms with E-state index in [2.05, 4.69) is 20.4 Å². The molecule has 0 aliphatic rings. The van der Waals surface area contributed by atoms with Crippen LogP contribution < -0.4 is 5.32 Å². The average Bonchev–Trinajstić information content (AvgIpc) is 3.09. The minimum absolute atomic E-state index is 0.218. The molecule has 2 N–H and O–H groups in total. The molecular weight excluding hydrogens is 270 g/mol. The highest BCUT2D eigenvalue weighted by Gasteiger charge is 2.10. The summed E-state index contributed by atoms with van der Waals surface area (Å²) in [6.07, 6.45) is 2.35. The summed E-state index contributed by atoms with van der Waals surface area (Å²) in [7, 11) is 1.71. The molecule has 0 aliphatic heterocycles. The second kappa shape index (κ2) is 5.20. The number of carbonyl (C=O) groups is 2. The summed E-state index contributed by atoms with van der Waals surface area (Å²) >= 11 is 0. The van der Waals surface area contributed by atoms with E-state index >= 15 is 0 Å². The van der Waals surface area contributed by atoms with E-state index < -0.39 is 0 Å². The number of amides is 1. The number of aromatic amines is 1. The Balaban J connectivity index is 1.75. The molecule has 1 aromatic carbocycles. The fraction of sp³-hybridized carbons (Fsp3) is 0.143. The standard InChI is InChI=1S/C14H13N5O2/c1-19-12(4-5-16-19)14(21)15-7-13-17-10-3-2-9(8-20)6-11(10)18-13/h2-6,8H,7H2,1H3,(H,15,21)(H,17,18). The summed E-state index contributed by atoms with van der Waals surface area (Å²) in [5.41, 5.74) is 2.58. The van der Waals surface area contributed by atoms with Gasteiger partial charge in [0.2, 0.25) is 0 Å². The number of hydrogen-bond donors (Lipinski definition) is 2. The Kier molecular flexibility index (Phi) is 3.23. The van der Waals surface area contributed by atoms with Gasteiger partial charge < -0.3 is 10.3 Å². The molecule has 0 spiro atoms. The first kappa shape index (κ1) is 13.0. The number of carbonyl (C=O) groups excluding carboxylic acids is 2. The van der Waals surface area contributed by atoms with Crippen molar-refractivity contribution >= 4 is 23.2 Å². The Morgan fingerprint density at radius 1 is 1.43 bits per heavy atom. The fourth-order valence-electron chi connectivity index (χ4n) is 2.09. The Labute approximate surface area is 120 Å². The van der Waals surface area contributed by atoms with Crippen LogP contribution in [0, 0.1) is 0 Å². The second-order valence-electron chi connectivity index (χ2n) is 4.60. The molecule has 1 amide bonds.